The van der Waals surface area contributed by atoms with Gasteiger partial charge in [-0.3, -0.25) is 9.59 Å². The molecule has 1 saturated carbocycles. The maximum Gasteiger partial charge on any atom is 0.417 e. The number of rotatable bonds is 7. The first-order valence-electron chi connectivity index (χ1n) is 12.1. The molecule has 2 aromatic heterocycles. The molecule has 3 N–H and O–H groups in total. The number of aliphatic hydroxyl groups is 1. The number of nitrogens with zero attached hydrogens (tertiary/aromatic N) is 3. The van der Waals surface area contributed by atoms with Crippen LogP contribution < -0.4 is 10.6 Å². The van der Waals surface area contributed by atoms with Crippen molar-refractivity contribution in [2.75, 3.05) is 18.4 Å². The number of nitrogens with one attached hydrogen (secondary N) is 2. The quantitative estimate of drug-likeness (QED) is 0.399. The molecule has 0 spiro atoms. The predicted molar refractivity (Wildman–Crippen MR) is 135 cm³/mol. The standard InChI is InChI=1S/C25H28F5N5O3S/c1-13-9-24(26,27)12-35(13)21(37)17-18(39-20(33-17)19(36)32-11-22(2,3)38)14-10-31-16(8-15(14)25(28,29)30)34-23(4)6-5-7-23/h8,10,38H,1,5-7,9,11-12H2,2-4H3,(H,31,34)(H,32,36). The number of carbonyl (C=O) groups is 2. The van der Waals surface area contributed by atoms with E-state index in [1.165, 1.54) is 13.8 Å². The summed E-state index contributed by atoms with van der Waals surface area (Å²) in [5.41, 5.74) is -4.18. The van der Waals surface area contributed by atoms with Crippen LogP contribution in [0.5, 0.6) is 0 Å². The number of likely N-dealkylation sites (tertiary alicyclic amines) is 1. The van der Waals surface area contributed by atoms with Crippen LogP contribution in [0.25, 0.3) is 10.4 Å². The van der Waals surface area contributed by atoms with Gasteiger partial charge in [-0.2, -0.15) is 13.2 Å². The summed E-state index contributed by atoms with van der Waals surface area (Å²) in [6.45, 7) is 6.98. The highest BCUT2D eigenvalue weighted by atomic mass is 32.1. The van der Waals surface area contributed by atoms with Crippen LogP contribution in [0.4, 0.5) is 27.8 Å². The zero-order chi connectivity index (χ0) is 29.0. The number of thiazole rings is 1. The molecule has 0 atom stereocenters. The topological polar surface area (TPSA) is 107 Å². The van der Waals surface area contributed by atoms with Gasteiger partial charge < -0.3 is 20.6 Å². The van der Waals surface area contributed by atoms with E-state index >= 15 is 0 Å². The molecule has 0 aromatic carbocycles. The number of anilines is 1. The molecular weight excluding hydrogens is 545 g/mol. The molecule has 2 aliphatic rings. The summed E-state index contributed by atoms with van der Waals surface area (Å²) >= 11 is 0.495. The fraction of sp³-hybridized carbons (Fsp3) is 0.520. The fourth-order valence-electron chi connectivity index (χ4n) is 4.33. The number of hydrogen-bond acceptors (Lipinski definition) is 7. The first-order chi connectivity index (χ1) is 17.9. The molecule has 14 heteroatoms. The van der Waals surface area contributed by atoms with Crippen molar-refractivity contribution in [2.24, 2.45) is 0 Å². The van der Waals surface area contributed by atoms with Gasteiger partial charge in [0.05, 0.1) is 29.0 Å². The number of carbonyl (C=O) groups excluding carboxylic acids is 2. The third-order valence-electron chi connectivity index (χ3n) is 6.53. The molecular formula is C25H28F5N5O3S. The van der Waals surface area contributed by atoms with E-state index in [0.717, 1.165) is 31.5 Å². The second-order valence-electron chi connectivity index (χ2n) is 10.8. The lowest BCUT2D eigenvalue weighted by Gasteiger charge is -2.39. The van der Waals surface area contributed by atoms with Crippen molar-refractivity contribution < 1.29 is 36.6 Å². The monoisotopic (exact) mass is 573 g/mol. The summed E-state index contributed by atoms with van der Waals surface area (Å²) in [6, 6.07) is 0.823. The van der Waals surface area contributed by atoms with Crippen LogP contribution in [0.1, 0.15) is 72.3 Å². The Morgan fingerprint density at radius 3 is 2.44 bits per heavy atom. The molecule has 0 radical (unpaired) electrons. The summed E-state index contributed by atoms with van der Waals surface area (Å²) in [5, 5.41) is 14.9. The van der Waals surface area contributed by atoms with Gasteiger partial charge in [0, 0.05) is 29.5 Å². The SMILES string of the molecule is C=C1CC(F)(F)CN1C(=O)c1nc(C(=O)NCC(C)(C)O)sc1-c1cnc(NC2(C)CCC2)cc1C(F)(F)F. The van der Waals surface area contributed by atoms with Crippen molar-refractivity contribution in [1.29, 1.82) is 0 Å². The van der Waals surface area contributed by atoms with E-state index in [0.29, 0.717) is 16.2 Å². The van der Waals surface area contributed by atoms with E-state index in [9.17, 15) is 36.6 Å². The fourth-order valence-corrected chi connectivity index (χ4v) is 5.33. The molecule has 0 unspecified atom stereocenters. The van der Waals surface area contributed by atoms with Gasteiger partial charge in [0.25, 0.3) is 17.7 Å². The summed E-state index contributed by atoms with van der Waals surface area (Å²) in [6.07, 6.45) is -2.29. The summed E-state index contributed by atoms with van der Waals surface area (Å²) < 4.78 is 70.8. The zero-order valence-corrected chi connectivity index (χ0v) is 22.3. The van der Waals surface area contributed by atoms with E-state index in [2.05, 4.69) is 27.2 Å². The lowest BCUT2D eigenvalue weighted by atomic mass is 9.78. The number of pyridine rings is 1. The van der Waals surface area contributed by atoms with Crippen LogP contribution in [-0.4, -0.2) is 61.9 Å². The number of hydrogen-bond donors (Lipinski definition) is 3. The average molecular weight is 574 g/mol. The minimum Gasteiger partial charge on any atom is -0.389 e. The molecule has 1 aliphatic heterocycles. The van der Waals surface area contributed by atoms with Gasteiger partial charge in [-0.1, -0.05) is 6.58 Å². The maximum atomic E-state index is 14.3. The van der Waals surface area contributed by atoms with E-state index in [1.807, 2.05) is 6.92 Å². The third kappa shape index (κ3) is 6.38. The van der Waals surface area contributed by atoms with Crippen LogP contribution in [-0.2, 0) is 6.18 Å². The van der Waals surface area contributed by atoms with Crippen LogP contribution in [0, 0.1) is 0 Å². The highest BCUT2D eigenvalue weighted by Gasteiger charge is 2.45. The Morgan fingerprint density at radius 2 is 1.92 bits per heavy atom. The van der Waals surface area contributed by atoms with Crippen LogP contribution in [0.3, 0.4) is 0 Å². The van der Waals surface area contributed by atoms with Gasteiger partial charge in [0.15, 0.2) is 5.01 Å². The number of halogens is 5. The largest absolute Gasteiger partial charge is 0.417 e. The second-order valence-corrected chi connectivity index (χ2v) is 11.8. The molecule has 8 nitrogen and oxygen atoms in total. The maximum absolute atomic E-state index is 14.3. The Kier molecular flexibility index (Phi) is 7.26. The van der Waals surface area contributed by atoms with Crippen molar-refractivity contribution in [3.63, 3.8) is 0 Å². The smallest absolute Gasteiger partial charge is 0.389 e. The minimum absolute atomic E-state index is 0.0126. The molecule has 2 fully saturated rings. The van der Waals surface area contributed by atoms with Gasteiger partial charge in [0.1, 0.15) is 11.5 Å². The van der Waals surface area contributed by atoms with Gasteiger partial charge in [-0.25, -0.2) is 18.7 Å². The van der Waals surface area contributed by atoms with Crippen LogP contribution >= 0.6 is 11.3 Å². The van der Waals surface area contributed by atoms with Gasteiger partial charge in [-0.05, 0) is 46.1 Å². The van der Waals surface area contributed by atoms with Crippen molar-refractivity contribution >= 4 is 29.0 Å². The van der Waals surface area contributed by atoms with Crippen LogP contribution in [0.15, 0.2) is 24.5 Å². The molecule has 0 bridgehead atoms. The second kappa shape index (κ2) is 9.81. The van der Waals surface area contributed by atoms with E-state index in [4.69, 9.17) is 0 Å². The number of amides is 2. The highest BCUT2D eigenvalue weighted by Crippen LogP contribution is 2.44. The van der Waals surface area contributed by atoms with E-state index in [1.54, 1.807) is 0 Å². The Morgan fingerprint density at radius 1 is 1.26 bits per heavy atom. The number of alkyl halides is 5. The Bertz CT molecular complexity index is 1310. The lowest BCUT2D eigenvalue weighted by Crippen LogP contribution is -2.41. The number of aromatic nitrogens is 2. The van der Waals surface area contributed by atoms with Crippen molar-refractivity contribution in [2.45, 2.75) is 69.7 Å². The lowest BCUT2D eigenvalue weighted by molar-refractivity contribution is -0.137. The molecule has 3 heterocycles. The molecule has 1 aliphatic carbocycles. The molecule has 2 aromatic rings. The first-order valence-corrected chi connectivity index (χ1v) is 12.9. The van der Waals surface area contributed by atoms with Crippen molar-refractivity contribution in [3.8, 4) is 10.4 Å². The normalized spacial score (nSPS) is 18.6. The molecule has 39 heavy (non-hydrogen) atoms. The van der Waals surface area contributed by atoms with Gasteiger partial charge in [-0.15, -0.1) is 11.3 Å². The highest BCUT2D eigenvalue weighted by molar-refractivity contribution is 7.17. The molecule has 4 rings (SSSR count). The van der Waals surface area contributed by atoms with E-state index < -0.39 is 64.8 Å². The Labute approximate surface area is 225 Å². The Hall–Kier alpha value is -3.13. The van der Waals surface area contributed by atoms with Crippen molar-refractivity contribution in [3.05, 3.63) is 40.8 Å². The molecule has 2 amide bonds. The zero-order valence-electron chi connectivity index (χ0n) is 21.5. The predicted octanol–water partition coefficient (Wildman–Crippen LogP) is 5.07. The summed E-state index contributed by atoms with van der Waals surface area (Å²) in [7, 11) is 0. The Balaban J connectivity index is 1.80. The third-order valence-corrected chi connectivity index (χ3v) is 7.61. The first kappa shape index (κ1) is 28.9. The summed E-state index contributed by atoms with van der Waals surface area (Å²) in [4.78, 5) is 34.5. The van der Waals surface area contributed by atoms with Crippen LogP contribution in [0.2, 0.25) is 0 Å². The average Bonchev–Trinajstić information content (AvgIpc) is 3.35. The minimum atomic E-state index is -4.88. The van der Waals surface area contributed by atoms with Gasteiger partial charge >= 0.3 is 6.18 Å². The molecule has 1 saturated heterocycles. The number of allylic oxidation sites excluding steroid dienone is 1. The van der Waals surface area contributed by atoms with Crippen molar-refractivity contribution in [1.82, 2.24) is 20.2 Å². The molecule has 212 valence electrons. The summed E-state index contributed by atoms with van der Waals surface area (Å²) in [5.74, 6) is -5.24. The van der Waals surface area contributed by atoms with E-state index in [-0.39, 0.29) is 27.9 Å². The van der Waals surface area contributed by atoms with Gasteiger partial charge in [0.2, 0.25) is 0 Å².